The third-order valence-electron chi connectivity index (χ3n) is 4.26. The number of carbonyl (C=O) groups is 3. The quantitative estimate of drug-likeness (QED) is 0.702. The molecule has 2 aromatic rings. The van der Waals surface area contributed by atoms with E-state index in [1.807, 2.05) is 13.0 Å². The molecule has 0 bridgehead atoms. The molecular formula is C17H19N5O4. The summed E-state index contributed by atoms with van der Waals surface area (Å²) < 4.78 is 6.97. The molecule has 26 heavy (non-hydrogen) atoms. The molecule has 0 aliphatic carbocycles. The summed E-state index contributed by atoms with van der Waals surface area (Å²) in [6.45, 7) is 4.85. The minimum atomic E-state index is -1.82. The summed E-state index contributed by atoms with van der Waals surface area (Å²) in [6, 6.07) is 5.24. The van der Waals surface area contributed by atoms with Gasteiger partial charge in [0, 0.05) is 7.05 Å². The minimum Gasteiger partial charge on any atom is -0.466 e. The number of primary amides is 1. The molecule has 3 rings (SSSR count). The Kier molecular flexibility index (Phi) is 3.94. The number of carbonyl (C=O) groups excluding carboxylic acids is 3. The average Bonchev–Trinajstić information content (AvgIpc) is 2.82. The second kappa shape index (κ2) is 5.87. The van der Waals surface area contributed by atoms with Gasteiger partial charge in [-0.1, -0.05) is 6.07 Å². The molecule has 2 heterocycles. The number of hydrogen-bond acceptors (Lipinski definition) is 5. The fourth-order valence-electron chi connectivity index (χ4n) is 2.81. The van der Waals surface area contributed by atoms with Crippen molar-refractivity contribution in [1.29, 1.82) is 0 Å². The van der Waals surface area contributed by atoms with Gasteiger partial charge in [0.2, 0.25) is 0 Å². The zero-order valence-electron chi connectivity index (χ0n) is 14.8. The van der Waals surface area contributed by atoms with Crippen molar-refractivity contribution in [2.24, 2.45) is 12.8 Å². The van der Waals surface area contributed by atoms with Crippen LogP contribution in [0.5, 0.6) is 5.75 Å². The topological polar surface area (TPSA) is 128 Å². The molecular weight excluding hydrogens is 338 g/mol. The first-order valence-corrected chi connectivity index (χ1v) is 7.89. The van der Waals surface area contributed by atoms with Crippen molar-refractivity contribution < 1.29 is 19.1 Å². The third-order valence-corrected chi connectivity index (χ3v) is 4.26. The number of nitrogens with one attached hydrogen (secondary N) is 2. The van der Waals surface area contributed by atoms with Crippen LogP contribution in [0.1, 0.15) is 28.7 Å². The maximum absolute atomic E-state index is 12.8. The van der Waals surface area contributed by atoms with Crippen molar-refractivity contribution in [2.75, 3.05) is 10.6 Å². The lowest BCUT2D eigenvalue weighted by Crippen LogP contribution is -2.56. The van der Waals surface area contributed by atoms with Crippen molar-refractivity contribution in [3.8, 4) is 5.75 Å². The molecule has 0 saturated heterocycles. The molecule has 1 aromatic carbocycles. The third kappa shape index (κ3) is 2.67. The van der Waals surface area contributed by atoms with Crippen molar-refractivity contribution in [3.63, 3.8) is 0 Å². The van der Waals surface area contributed by atoms with E-state index in [-0.39, 0.29) is 11.4 Å². The molecule has 1 aromatic heterocycles. The van der Waals surface area contributed by atoms with Crippen molar-refractivity contribution in [1.82, 2.24) is 9.78 Å². The Labute approximate surface area is 149 Å². The minimum absolute atomic E-state index is 0.0340. The van der Waals surface area contributed by atoms with Gasteiger partial charge in [0.1, 0.15) is 11.4 Å². The van der Waals surface area contributed by atoms with Crippen LogP contribution in [-0.2, 0) is 16.6 Å². The normalized spacial score (nSPS) is 18.5. The highest BCUT2D eigenvalue weighted by molar-refractivity contribution is 6.19. The Morgan fingerprint density at radius 3 is 2.69 bits per heavy atom. The molecule has 4 N–H and O–H groups in total. The van der Waals surface area contributed by atoms with Gasteiger partial charge < -0.3 is 21.1 Å². The highest BCUT2D eigenvalue weighted by Gasteiger charge is 2.47. The number of benzene rings is 1. The number of ether oxygens (including phenoxy) is 1. The first kappa shape index (κ1) is 17.5. The first-order chi connectivity index (χ1) is 12.1. The van der Waals surface area contributed by atoms with Crippen LogP contribution in [0.4, 0.5) is 11.4 Å². The molecule has 0 radical (unpaired) electrons. The van der Waals surface area contributed by atoms with Gasteiger partial charge in [-0.2, -0.15) is 5.10 Å². The van der Waals surface area contributed by atoms with Crippen LogP contribution in [0.2, 0.25) is 0 Å². The molecule has 1 aliphatic heterocycles. The van der Waals surface area contributed by atoms with E-state index < -0.39 is 23.3 Å². The van der Waals surface area contributed by atoms with Crippen LogP contribution in [0.15, 0.2) is 18.2 Å². The maximum atomic E-state index is 12.8. The van der Waals surface area contributed by atoms with Crippen LogP contribution in [0.25, 0.3) is 0 Å². The predicted molar refractivity (Wildman–Crippen MR) is 93.9 cm³/mol. The SMILES string of the molecule is Cc1ccc2c(c1)NC(=O)C(C)(C(=O)Nc1c(C)nn(C)c1C(N)=O)O2. The largest absolute Gasteiger partial charge is 0.466 e. The van der Waals surface area contributed by atoms with Gasteiger partial charge in [-0.15, -0.1) is 0 Å². The highest BCUT2D eigenvalue weighted by atomic mass is 16.5. The number of hydrogen-bond donors (Lipinski definition) is 3. The van der Waals surface area contributed by atoms with E-state index in [4.69, 9.17) is 10.5 Å². The summed E-state index contributed by atoms with van der Waals surface area (Å²) in [5, 5.41) is 9.31. The van der Waals surface area contributed by atoms with Gasteiger partial charge in [-0.3, -0.25) is 19.1 Å². The highest BCUT2D eigenvalue weighted by Crippen LogP contribution is 2.35. The number of fused-ring (bicyclic) bond motifs is 1. The predicted octanol–water partition coefficient (Wildman–Crippen LogP) is 0.864. The number of rotatable bonds is 3. The van der Waals surface area contributed by atoms with Gasteiger partial charge in [0.15, 0.2) is 0 Å². The summed E-state index contributed by atoms with van der Waals surface area (Å²) in [5.41, 5.74) is 5.56. The summed E-state index contributed by atoms with van der Waals surface area (Å²) in [4.78, 5) is 37.0. The lowest BCUT2D eigenvalue weighted by Gasteiger charge is -2.33. The first-order valence-electron chi connectivity index (χ1n) is 7.89. The van der Waals surface area contributed by atoms with E-state index in [1.54, 1.807) is 19.1 Å². The average molecular weight is 357 g/mol. The van der Waals surface area contributed by atoms with E-state index in [1.165, 1.54) is 18.7 Å². The summed E-state index contributed by atoms with van der Waals surface area (Å²) in [7, 11) is 1.53. The fourth-order valence-corrected chi connectivity index (χ4v) is 2.81. The van der Waals surface area contributed by atoms with Gasteiger partial charge in [-0.25, -0.2) is 0 Å². The second-order valence-electron chi connectivity index (χ2n) is 6.34. The van der Waals surface area contributed by atoms with Crippen LogP contribution in [0.3, 0.4) is 0 Å². The molecule has 1 atom stereocenters. The zero-order valence-corrected chi connectivity index (χ0v) is 14.8. The summed E-state index contributed by atoms with van der Waals surface area (Å²) in [6.07, 6.45) is 0. The summed E-state index contributed by atoms with van der Waals surface area (Å²) in [5.74, 6) is -1.72. The van der Waals surface area contributed by atoms with Crippen molar-refractivity contribution >= 4 is 29.1 Å². The summed E-state index contributed by atoms with van der Waals surface area (Å²) >= 11 is 0. The van der Waals surface area contributed by atoms with E-state index in [2.05, 4.69) is 15.7 Å². The molecule has 1 unspecified atom stereocenters. The smallest absolute Gasteiger partial charge is 0.278 e. The van der Waals surface area contributed by atoms with Gasteiger partial charge in [0.05, 0.1) is 17.1 Å². The number of aromatic nitrogens is 2. The van der Waals surface area contributed by atoms with E-state index in [0.717, 1.165) is 5.56 Å². The monoisotopic (exact) mass is 357 g/mol. The van der Waals surface area contributed by atoms with Gasteiger partial charge in [-0.05, 0) is 38.5 Å². The molecule has 9 heteroatoms. The number of amides is 3. The molecule has 0 saturated carbocycles. The maximum Gasteiger partial charge on any atom is 0.278 e. The Balaban J connectivity index is 1.94. The fraction of sp³-hybridized carbons (Fsp3) is 0.294. The lowest BCUT2D eigenvalue weighted by atomic mass is 10.0. The van der Waals surface area contributed by atoms with E-state index in [0.29, 0.717) is 17.1 Å². The number of nitrogens with zero attached hydrogens (tertiary/aromatic N) is 2. The lowest BCUT2D eigenvalue weighted by molar-refractivity contribution is -0.143. The zero-order chi connectivity index (χ0) is 19.2. The van der Waals surface area contributed by atoms with Gasteiger partial charge in [0.25, 0.3) is 23.3 Å². The number of anilines is 2. The molecule has 3 amide bonds. The van der Waals surface area contributed by atoms with Gasteiger partial charge >= 0.3 is 0 Å². The van der Waals surface area contributed by atoms with Crippen LogP contribution >= 0.6 is 0 Å². The number of aryl methyl sites for hydroxylation is 3. The molecule has 0 spiro atoms. The molecule has 9 nitrogen and oxygen atoms in total. The number of nitrogens with two attached hydrogens (primary N) is 1. The van der Waals surface area contributed by atoms with Crippen molar-refractivity contribution in [2.45, 2.75) is 26.4 Å². The van der Waals surface area contributed by atoms with Crippen LogP contribution < -0.4 is 21.1 Å². The molecule has 1 aliphatic rings. The Hall–Kier alpha value is -3.36. The standard InChI is InChI=1S/C17H19N5O4/c1-8-5-6-11-10(7-8)19-15(24)17(3,26-11)16(25)20-12-9(2)21-22(4)13(12)14(18)23/h5-7H,1-4H3,(H2,18,23)(H,19,24)(H,20,25). The Morgan fingerprint density at radius 2 is 2.04 bits per heavy atom. The van der Waals surface area contributed by atoms with Crippen molar-refractivity contribution in [3.05, 3.63) is 35.2 Å². The van der Waals surface area contributed by atoms with Crippen LogP contribution in [-0.4, -0.2) is 33.1 Å². The van der Waals surface area contributed by atoms with Crippen LogP contribution in [0, 0.1) is 13.8 Å². The molecule has 0 fully saturated rings. The Bertz CT molecular complexity index is 949. The second-order valence-corrected chi connectivity index (χ2v) is 6.34. The van der Waals surface area contributed by atoms with E-state index in [9.17, 15) is 14.4 Å². The molecule has 136 valence electrons. The van der Waals surface area contributed by atoms with E-state index >= 15 is 0 Å². The Morgan fingerprint density at radius 1 is 1.35 bits per heavy atom.